The van der Waals surface area contributed by atoms with Crippen LogP contribution in [0.1, 0.15) is 19.2 Å². The van der Waals surface area contributed by atoms with E-state index in [-0.39, 0.29) is 29.0 Å². The van der Waals surface area contributed by atoms with Gasteiger partial charge in [-0.15, -0.1) is 5.10 Å². The molecule has 2 atom stereocenters. The van der Waals surface area contributed by atoms with Crippen molar-refractivity contribution in [3.63, 3.8) is 0 Å². The monoisotopic (exact) mass is 414 g/mol. The van der Waals surface area contributed by atoms with Gasteiger partial charge in [-0.25, -0.2) is 8.42 Å². The SMILES string of the molecule is CC[NH+](Cn1nc(COc2ccc(OC)cc2)oc1=S)[C@H]1CCS(=O)(=O)C1. The molecule has 1 unspecified atom stereocenters. The number of nitrogens with one attached hydrogen (secondary N) is 1. The molecule has 148 valence electrons. The van der Waals surface area contributed by atoms with Crippen LogP contribution in [0.3, 0.4) is 0 Å². The number of quaternary nitrogens is 1. The lowest BCUT2D eigenvalue weighted by Gasteiger charge is -2.22. The number of nitrogens with zero attached hydrogens (tertiary/aromatic N) is 2. The lowest BCUT2D eigenvalue weighted by Crippen LogP contribution is -3.15. The Kier molecular flexibility index (Phi) is 6.18. The molecule has 1 N–H and O–H groups in total. The van der Waals surface area contributed by atoms with E-state index < -0.39 is 9.84 Å². The molecule has 0 amide bonds. The van der Waals surface area contributed by atoms with Gasteiger partial charge in [0.1, 0.15) is 23.3 Å². The molecule has 1 aliphatic heterocycles. The maximum Gasteiger partial charge on any atom is 0.291 e. The van der Waals surface area contributed by atoms with E-state index in [9.17, 15) is 8.42 Å². The van der Waals surface area contributed by atoms with Crippen LogP contribution in [-0.2, 0) is 23.1 Å². The highest BCUT2D eigenvalue weighted by atomic mass is 32.2. The molecule has 0 aliphatic carbocycles. The van der Waals surface area contributed by atoms with E-state index in [0.717, 1.165) is 17.2 Å². The highest BCUT2D eigenvalue weighted by Crippen LogP contribution is 2.18. The van der Waals surface area contributed by atoms with Crippen LogP contribution in [0.5, 0.6) is 11.5 Å². The van der Waals surface area contributed by atoms with E-state index in [1.54, 1.807) is 23.9 Å². The van der Waals surface area contributed by atoms with Gasteiger partial charge >= 0.3 is 0 Å². The number of sulfone groups is 1. The van der Waals surface area contributed by atoms with E-state index in [1.807, 2.05) is 19.1 Å². The van der Waals surface area contributed by atoms with Crippen molar-refractivity contribution < 1.29 is 27.2 Å². The Labute approximate surface area is 163 Å². The van der Waals surface area contributed by atoms with Gasteiger partial charge in [-0.1, -0.05) is 0 Å². The summed E-state index contributed by atoms with van der Waals surface area (Å²) in [7, 11) is -1.31. The fourth-order valence-corrected chi connectivity index (χ4v) is 5.19. The van der Waals surface area contributed by atoms with Gasteiger partial charge in [-0.2, -0.15) is 4.68 Å². The summed E-state index contributed by atoms with van der Waals surface area (Å²) >= 11 is 5.25. The topological polar surface area (TPSA) is 88.0 Å². The lowest BCUT2D eigenvalue weighted by atomic mass is 10.2. The predicted octanol–water partition coefficient (Wildman–Crippen LogP) is 0.843. The molecule has 0 bridgehead atoms. The summed E-state index contributed by atoms with van der Waals surface area (Å²) in [4.78, 5) is 1.39. The zero-order valence-electron chi connectivity index (χ0n) is 15.4. The number of aromatic nitrogens is 2. The van der Waals surface area contributed by atoms with Crippen LogP contribution in [0.4, 0.5) is 0 Å². The highest BCUT2D eigenvalue weighted by molar-refractivity contribution is 7.91. The first-order valence-electron chi connectivity index (χ1n) is 8.79. The standard InChI is InChI=1S/C17H23N3O5S2/c1-3-19(13-8-9-27(21,22)11-13)12-20-17(26)25-16(18-20)10-24-15-6-4-14(23-2)5-7-15/h4-7,13H,3,8-12H2,1-2H3/p+1/t13-/m0/s1. The van der Waals surface area contributed by atoms with Crippen LogP contribution >= 0.6 is 12.2 Å². The summed E-state index contributed by atoms with van der Waals surface area (Å²) in [5, 5.41) is 4.38. The molecule has 1 fully saturated rings. The molecule has 2 aromatic rings. The largest absolute Gasteiger partial charge is 0.497 e. The van der Waals surface area contributed by atoms with Crippen molar-refractivity contribution in [3.05, 3.63) is 35.0 Å². The second kappa shape index (κ2) is 8.41. The average molecular weight is 415 g/mol. The zero-order chi connectivity index (χ0) is 19.4. The second-order valence-electron chi connectivity index (χ2n) is 6.50. The van der Waals surface area contributed by atoms with Crippen LogP contribution in [0, 0.1) is 4.84 Å². The van der Waals surface area contributed by atoms with Crippen LogP contribution in [-0.4, -0.2) is 49.4 Å². The van der Waals surface area contributed by atoms with Gasteiger partial charge in [0.25, 0.3) is 10.7 Å². The molecule has 10 heteroatoms. The lowest BCUT2D eigenvalue weighted by molar-refractivity contribution is -0.943. The Balaban J connectivity index is 1.62. The summed E-state index contributed by atoms with van der Waals surface area (Å²) in [5.41, 5.74) is 0. The first kappa shape index (κ1) is 19.8. The summed E-state index contributed by atoms with van der Waals surface area (Å²) < 4.78 is 41.4. The minimum atomic E-state index is -2.92. The summed E-state index contributed by atoms with van der Waals surface area (Å²) in [6.45, 7) is 3.44. The first-order valence-corrected chi connectivity index (χ1v) is 11.0. The summed E-state index contributed by atoms with van der Waals surface area (Å²) in [6, 6.07) is 7.28. The number of hydrogen-bond acceptors (Lipinski definition) is 7. The zero-order valence-corrected chi connectivity index (χ0v) is 17.0. The third-order valence-corrected chi connectivity index (χ3v) is 6.75. The van der Waals surface area contributed by atoms with Gasteiger partial charge in [-0.3, -0.25) is 0 Å². The van der Waals surface area contributed by atoms with Crippen molar-refractivity contribution in [2.75, 3.05) is 25.2 Å². The Bertz CT molecular complexity index is 921. The quantitative estimate of drug-likeness (QED) is 0.641. The van der Waals surface area contributed by atoms with Crippen molar-refractivity contribution in [1.29, 1.82) is 0 Å². The van der Waals surface area contributed by atoms with E-state index in [2.05, 4.69) is 5.10 Å². The normalized spacial score (nSPS) is 19.7. The number of benzene rings is 1. The highest BCUT2D eigenvalue weighted by Gasteiger charge is 2.35. The molecular weight excluding hydrogens is 390 g/mol. The summed E-state index contributed by atoms with van der Waals surface area (Å²) in [6.07, 6.45) is 0.671. The van der Waals surface area contributed by atoms with Gasteiger partial charge in [0.05, 0.1) is 19.4 Å². The van der Waals surface area contributed by atoms with Gasteiger partial charge in [-0.05, 0) is 43.4 Å². The molecule has 2 heterocycles. The van der Waals surface area contributed by atoms with E-state index in [1.165, 1.54) is 0 Å². The van der Waals surface area contributed by atoms with Gasteiger partial charge in [0.15, 0.2) is 23.1 Å². The van der Waals surface area contributed by atoms with Crippen molar-refractivity contribution >= 4 is 22.1 Å². The molecule has 1 aromatic heterocycles. The maximum absolute atomic E-state index is 11.7. The molecule has 27 heavy (non-hydrogen) atoms. The first-order chi connectivity index (χ1) is 12.9. The fraction of sp³-hybridized carbons (Fsp3) is 0.529. The smallest absolute Gasteiger partial charge is 0.291 e. The Morgan fingerprint density at radius 3 is 2.63 bits per heavy atom. The third kappa shape index (κ3) is 5.08. The molecule has 0 saturated carbocycles. The summed E-state index contributed by atoms with van der Waals surface area (Å²) in [5.74, 6) is 2.27. The minimum absolute atomic E-state index is 0.0672. The predicted molar refractivity (Wildman–Crippen MR) is 101 cm³/mol. The van der Waals surface area contributed by atoms with E-state index in [0.29, 0.717) is 24.7 Å². The molecule has 0 radical (unpaired) electrons. The van der Waals surface area contributed by atoms with E-state index >= 15 is 0 Å². The van der Waals surface area contributed by atoms with Gasteiger partial charge < -0.3 is 18.8 Å². The van der Waals surface area contributed by atoms with Crippen molar-refractivity contribution in [2.24, 2.45) is 0 Å². The second-order valence-corrected chi connectivity index (χ2v) is 9.07. The van der Waals surface area contributed by atoms with Crippen LogP contribution in [0.2, 0.25) is 0 Å². The third-order valence-electron chi connectivity index (χ3n) is 4.69. The van der Waals surface area contributed by atoms with Gasteiger partial charge in [0.2, 0.25) is 0 Å². The van der Waals surface area contributed by atoms with Crippen molar-refractivity contribution in [2.45, 2.75) is 32.7 Å². The molecule has 8 nitrogen and oxygen atoms in total. The minimum Gasteiger partial charge on any atom is -0.497 e. The van der Waals surface area contributed by atoms with Crippen LogP contribution in [0.15, 0.2) is 28.7 Å². The van der Waals surface area contributed by atoms with Crippen LogP contribution < -0.4 is 14.4 Å². The van der Waals surface area contributed by atoms with E-state index in [4.69, 9.17) is 26.1 Å². The number of methoxy groups -OCH3 is 1. The maximum atomic E-state index is 11.7. The van der Waals surface area contributed by atoms with Crippen molar-refractivity contribution in [1.82, 2.24) is 9.78 Å². The van der Waals surface area contributed by atoms with Gasteiger partial charge in [0, 0.05) is 6.42 Å². The fourth-order valence-electron chi connectivity index (χ4n) is 3.16. The average Bonchev–Trinajstić information content (AvgIpc) is 3.19. The Hall–Kier alpha value is -1.91. The number of rotatable bonds is 8. The molecule has 1 aromatic carbocycles. The Morgan fingerprint density at radius 2 is 2.04 bits per heavy atom. The number of hydrogen-bond donors (Lipinski definition) is 1. The number of ether oxygens (including phenoxy) is 2. The molecule has 1 saturated heterocycles. The Morgan fingerprint density at radius 1 is 1.33 bits per heavy atom. The van der Waals surface area contributed by atoms with Crippen molar-refractivity contribution in [3.8, 4) is 11.5 Å². The molecular formula is C17H24N3O5S2+. The van der Waals surface area contributed by atoms with Crippen LogP contribution in [0.25, 0.3) is 0 Å². The molecule has 3 rings (SSSR count). The molecule has 1 aliphatic rings. The molecule has 0 spiro atoms.